The van der Waals surface area contributed by atoms with Crippen molar-refractivity contribution in [3.8, 4) is 11.4 Å². The van der Waals surface area contributed by atoms with Crippen LogP contribution in [0.3, 0.4) is 0 Å². The molecule has 0 saturated carbocycles. The Hall–Kier alpha value is -3.33. The molecule has 4 aromatic rings. The molecule has 2 aromatic heterocycles. The first-order chi connectivity index (χ1) is 12.9. The van der Waals surface area contributed by atoms with Gasteiger partial charge in [-0.05, 0) is 30.3 Å². The fourth-order valence-electron chi connectivity index (χ4n) is 2.63. The zero-order valence-corrected chi connectivity index (χ0v) is 15.0. The van der Waals surface area contributed by atoms with Crippen LogP contribution in [-0.2, 0) is 9.84 Å². The van der Waals surface area contributed by atoms with Crippen LogP contribution in [0.25, 0.3) is 22.4 Å². The minimum absolute atomic E-state index is 0.178. The standard InChI is InChI=1S/C18H14FN5O2S/c1-27(25,26)12-6-4-5-11(9-12)21-18-16-15(10-20-24-16)22-17(23-18)13-7-2-3-8-14(13)19/h2-10H,1H3,(H,20,24)(H,21,22,23). The zero-order valence-electron chi connectivity index (χ0n) is 14.1. The van der Waals surface area contributed by atoms with E-state index in [1.807, 2.05) is 0 Å². The van der Waals surface area contributed by atoms with Gasteiger partial charge in [0.15, 0.2) is 21.5 Å². The Bertz CT molecular complexity index is 1250. The summed E-state index contributed by atoms with van der Waals surface area (Å²) in [6.07, 6.45) is 2.65. The summed E-state index contributed by atoms with van der Waals surface area (Å²) >= 11 is 0. The Kier molecular flexibility index (Phi) is 4.08. The quantitative estimate of drug-likeness (QED) is 0.561. The molecule has 0 unspecified atom stereocenters. The molecule has 0 atom stereocenters. The van der Waals surface area contributed by atoms with E-state index in [1.165, 1.54) is 24.4 Å². The molecule has 27 heavy (non-hydrogen) atoms. The highest BCUT2D eigenvalue weighted by molar-refractivity contribution is 7.90. The lowest BCUT2D eigenvalue weighted by Crippen LogP contribution is -2.02. The molecule has 2 aromatic carbocycles. The molecule has 0 radical (unpaired) electrons. The van der Waals surface area contributed by atoms with Crippen LogP contribution in [0.15, 0.2) is 59.6 Å². The van der Waals surface area contributed by atoms with Crippen LogP contribution in [0.4, 0.5) is 15.9 Å². The maximum atomic E-state index is 14.2. The van der Waals surface area contributed by atoms with Crippen LogP contribution in [0.2, 0.25) is 0 Å². The van der Waals surface area contributed by atoms with Gasteiger partial charge in [-0.1, -0.05) is 18.2 Å². The van der Waals surface area contributed by atoms with Gasteiger partial charge < -0.3 is 5.32 Å². The number of H-pyrrole nitrogens is 1. The summed E-state index contributed by atoms with van der Waals surface area (Å²) in [7, 11) is -3.35. The number of fused-ring (bicyclic) bond motifs is 1. The number of halogens is 1. The number of hydrogen-bond acceptors (Lipinski definition) is 6. The fourth-order valence-corrected chi connectivity index (χ4v) is 3.30. The molecule has 0 spiro atoms. The van der Waals surface area contributed by atoms with Crippen molar-refractivity contribution in [2.45, 2.75) is 4.90 Å². The van der Waals surface area contributed by atoms with Gasteiger partial charge in [0, 0.05) is 11.9 Å². The Labute approximate surface area is 154 Å². The van der Waals surface area contributed by atoms with E-state index in [9.17, 15) is 12.8 Å². The van der Waals surface area contributed by atoms with Crippen LogP contribution < -0.4 is 5.32 Å². The van der Waals surface area contributed by atoms with Crippen molar-refractivity contribution in [1.82, 2.24) is 20.2 Å². The van der Waals surface area contributed by atoms with Gasteiger partial charge in [0.1, 0.15) is 16.9 Å². The van der Waals surface area contributed by atoms with Crippen LogP contribution >= 0.6 is 0 Å². The van der Waals surface area contributed by atoms with Crippen molar-refractivity contribution >= 4 is 32.4 Å². The smallest absolute Gasteiger partial charge is 0.175 e. The average Bonchev–Trinajstić information content (AvgIpc) is 3.10. The highest BCUT2D eigenvalue weighted by Gasteiger charge is 2.15. The third kappa shape index (κ3) is 3.36. The van der Waals surface area contributed by atoms with Crippen molar-refractivity contribution in [3.63, 3.8) is 0 Å². The summed E-state index contributed by atoms with van der Waals surface area (Å²) in [5.41, 5.74) is 1.81. The molecular formula is C18H14FN5O2S. The van der Waals surface area contributed by atoms with E-state index in [0.717, 1.165) is 6.26 Å². The molecule has 0 aliphatic heterocycles. The first-order valence-corrected chi connectivity index (χ1v) is 9.84. The van der Waals surface area contributed by atoms with E-state index >= 15 is 0 Å². The van der Waals surface area contributed by atoms with Gasteiger partial charge in [-0.3, -0.25) is 5.10 Å². The second kappa shape index (κ2) is 6.44. The molecule has 2 N–H and O–H groups in total. The topological polar surface area (TPSA) is 101 Å². The number of anilines is 2. The lowest BCUT2D eigenvalue weighted by molar-refractivity contribution is 0.602. The Balaban J connectivity index is 1.83. The molecule has 0 saturated heterocycles. The largest absolute Gasteiger partial charge is 0.338 e. The maximum absolute atomic E-state index is 14.2. The number of rotatable bonds is 4. The predicted molar refractivity (Wildman–Crippen MR) is 99.9 cm³/mol. The van der Waals surface area contributed by atoms with Gasteiger partial charge in [0.2, 0.25) is 0 Å². The number of aromatic amines is 1. The predicted octanol–water partition coefficient (Wildman–Crippen LogP) is 3.31. The Morgan fingerprint density at radius 2 is 1.89 bits per heavy atom. The second-order valence-corrected chi connectivity index (χ2v) is 7.95. The van der Waals surface area contributed by atoms with Gasteiger partial charge >= 0.3 is 0 Å². The molecule has 0 amide bonds. The first kappa shape index (κ1) is 17.1. The monoisotopic (exact) mass is 383 g/mol. The van der Waals surface area contributed by atoms with Gasteiger partial charge in [-0.25, -0.2) is 22.8 Å². The second-order valence-electron chi connectivity index (χ2n) is 5.93. The number of hydrogen-bond donors (Lipinski definition) is 2. The SMILES string of the molecule is CS(=O)(=O)c1cccc(Nc2nc(-c3ccccc3F)nc3cn[nH]c23)c1. The van der Waals surface area contributed by atoms with Gasteiger partial charge in [-0.2, -0.15) is 5.10 Å². The van der Waals surface area contributed by atoms with E-state index < -0.39 is 15.7 Å². The summed E-state index contributed by atoms with van der Waals surface area (Å²) in [6, 6.07) is 12.6. The summed E-state index contributed by atoms with van der Waals surface area (Å²) in [5, 5.41) is 9.82. The molecule has 0 fully saturated rings. The van der Waals surface area contributed by atoms with Crippen molar-refractivity contribution < 1.29 is 12.8 Å². The van der Waals surface area contributed by atoms with E-state index in [-0.39, 0.29) is 16.3 Å². The minimum Gasteiger partial charge on any atom is -0.338 e. The molecule has 0 bridgehead atoms. The van der Waals surface area contributed by atoms with E-state index in [0.29, 0.717) is 22.5 Å². The van der Waals surface area contributed by atoms with Gasteiger partial charge in [0.05, 0.1) is 16.7 Å². The fraction of sp³-hybridized carbons (Fsp3) is 0.0556. The molecular weight excluding hydrogens is 369 g/mol. The number of aromatic nitrogens is 4. The molecule has 9 heteroatoms. The van der Waals surface area contributed by atoms with Crippen molar-refractivity contribution in [1.29, 1.82) is 0 Å². The van der Waals surface area contributed by atoms with Crippen molar-refractivity contribution in [2.75, 3.05) is 11.6 Å². The molecule has 7 nitrogen and oxygen atoms in total. The van der Waals surface area contributed by atoms with Crippen LogP contribution in [0.1, 0.15) is 0 Å². The van der Waals surface area contributed by atoms with Crippen LogP contribution in [0, 0.1) is 5.82 Å². The third-order valence-electron chi connectivity index (χ3n) is 3.94. The van der Waals surface area contributed by atoms with Crippen molar-refractivity contribution in [2.24, 2.45) is 0 Å². The molecule has 0 aliphatic rings. The summed E-state index contributed by atoms with van der Waals surface area (Å²) in [4.78, 5) is 8.93. The van der Waals surface area contributed by atoms with E-state index in [4.69, 9.17) is 0 Å². The average molecular weight is 383 g/mol. The maximum Gasteiger partial charge on any atom is 0.175 e. The number of benzene rings is 2. The molecule has 136 valence electrons. The minimum atomic E-state index is -3.35. The van der Waals surface area contributed by atoms with Crippen molar-refractivity contribution in [3.05, 3.63) is 60.5 Å². The zero-order chi connectivity index (χ0) is 19.0. The van der Waals surface area contributed by atoms with E-state index in [2.05, 4.69) is 25.5 Å². The highest BCUT2D eigenvalue weighted by Crippen LogP contribution is 2.27. The summed E-state index contributed by atoms with van der Waals surface area (Å²) < 4.78 is 37.7. The normalized spacial score (nSPS) is 11.6. The number of sulfone groups is 1. The summed E-state index contributed by atoms with van der Waals surface area (Å²) in [6.45, 7) is 0. The summed E-state index contributed by atoms with van der Waals surface area (Å²) in [5.74, 6) is 0.121. The van der Waals surface area contributed by atoms with Crippen LogP contribution in [0.5, 0.6) is 0 Å². The van der Waals surface area contributed by atoms with Gasteiger partial charge in [0.25, 0.3) is 0 Å². The first-order valence-electron chi connectivity index (χ1n) is 7.95. The molecule has 2 heterocycles. The third-order valence-corrected chi connectivity index (χ3v) is 5.05. The highest BCUT2D eigenvalue weighted by atomic mass is 32.2. The lowest BCUT2D eigenvalue weighted by Gasteiger charge is -2.10. The van der Waals surface area contributed by atoms with Gasteiger partial charge in [-0.15, -0.1) is 0 Å². The number of nitrogens with zero attached hydrogens (tertiary/aromatic N) is 3. The van der Waals surface area contributed by atoms with E-state index in [1.54, 1.807) is 30.3 Å². The Morgan fingerprint density at radius 3 is 2.67 bits per heavy atom. The lowest BCUT2D eigenvalue weighted by atomic mass is 10.2. The number of nitrogens with one attached hydrogen (secondary N) is 2. The van der Waals surface area contributed by atoms with Crippen LogP contribution in [-0.4, -0.2) is 34.8 Å². The Morgan fingerprint density at radius 1 is 1.07 bits per heavy atom. The molecule has 0 aliphatic carbocycles. The molecule has 4 rings (SSSR count).